The van der Waals surface area contributed by atoms with E-state index in [9.17, 15) is 8.60 Å². The van der Waals surface area contributed by atoms with Crippen LogP contribution in [0.1, 0.15) is 24.8 Å². The van der Waals surface area contributed by atoms with Crippen molar-refractivity contribution < 1.29 is 13.3 Å². The van der Waals surface area contributed by atoms with Gasteiger partial charge >= 0.3 is 0 Å². The van der Waals surface area contributed by atoms with Gasteiger partial charge in [0.2, 0.25) is 0 Å². The van der Waals surface area contributed by atoms with Gasteiger partial charge in [-0.3, -0.25) is 4.21 Å². The van der Waals surface area contributed by atoms with E-state index >= 15 is 0 Å². The van der Waals surface area contributed by atoms with Gasteiger partial charge in [-0.25, -0.2) is 4.39 Å². The molecule has 0 spiro atoms. The van der Waals surface area contributed by atoms with Crippen LogP contribution in [0.5, 0.6) is 5.75 Å². The molecule has 1 N–H and O–H groups in total. The average Bonchev–Trinajstić information content (AvgIpc) is 2.65. The summed E-state index contributed by atoms with van der Waals surface area (Å²) in [5.41, 5.74) is 2.77. The Morgan fingerprint density at radius 1 is 1.30 bits per heavy atom. The largest absolute Gasteiger partial charge is 0.490 e. The van der Waals surface area contributed by atoms with Gasteiger partial charge in [0.25, 0.3) is 0 Å². The first kappa shape index (κ1) is 18.6. The fourth-order valence-corrected chi connectivity index (χ4v) is 5.16. The highest BCUT2D eigenvalue weighted by Gasteiger charge is 2.28. The number of ether oxygens (including phenoxy) is 1. The van der Waals surface area contributed by atoms with Crippen LogP contribution in [0.15, 0.2) is 40.1 Å². The van der Waals surface area contributed by atoms with Crippen molar-refractivity contribution in [1.82, 2.24) is 0 Å². The molecule has 2 atom stereocenters. The lowest BCUT2D eigenvalue weighted by atomic mass is 10.0. The van der Waals surface area contributed by atoms with Gasteiger partial charge < -0.3 is 14.4 Å². The molecule has 0 amide bonds. The van der Waals surface area contributed by atoms with Crippen molar-refractivity contribution in [3.05, 3.63) is 41.7 Å². The van der Waals surface area contributed by atoms with Crippen LogP contribution in [0.3, 0.4) is 0 Å². The molecule has 7 heteroatoms. The highest BCUT2D eigenvalue weighted by molar-refractivity contribution is 8.00. The molecule has 4 nitrogen and oxygen atoms in total. The molecule has 0 bridgehead atoms. The number of hydrogen-bond donors (Lipinski definition) is 1. The number of nitrogens with one attached hydrogen (secondary N) is 1. The molecule has 2 aliphatic heterocycles. The SMILES string of the molecule is Cc1ccc2c(c1)SNc1cc(S(C)=O)c(F)cc1N1CCCCC1CO2. The van der Waals surface area contributed by atoms with Crippen molar-refractivity contribution >= 4 is 34.1 Å². The van der Waals surface area contributed by atoms with Crippen molar-refractivity contribution in [3.8, 4) is 5.75 Å². The van der Waals surface area contributed by atoms with Gasteiger partial charge in [0.1, 0.15) is 18.2 Å². The van der Waals surface area contributed by atoms with Crippen molar-refractivity contribution in [3.63, 3.8) is 0 Å². The lowest BCUT2D eigenvalue weighted by molar-refractivity contribution is 0.255. The molecular formula is C20H23FN2O2S2. The summed E-state index contributed by atoms with van der Waals surface area (Å²) in [5.74, 6) is 0.438. The summed E-state index contributed by atoms with van der Waals surface area (Å²) in [6.45, 7) is 3.48. The molecule has 1 fully saturated rings. The molecule has 144 valence electrons. The Morgan fingerprint density at radius 3 is 2.96 bits per heavy atom. The number of halogens is 1. The van der Waals surface area contributed by atoms with Crippen LogP contribution in [0.4, 0.5) is 15.8 Å². The summed E-state index contributed by atoms with van der Waals surface area (Å²) in [6, 6.07) is 9.54. The van der Waals surface area contributed by atoms with Crippen LogP contribution < -0.4 is 14.4 Å². The first-order valence-electron chi connectivity index (χ1n) is 9.13. The van der Waals surface area contributed by atoms with Crippen LogP contribution in [0, 0.1) is 12.7 Å². The Kier molecular flexibility index (Phi) is 5.32. The molecule has 27 heavy (non-hydrogen) atoms. The van der Waals surface area contributed by atoms with Crippen molar-refractivity contribution in [2.24, 2.45) is 0 Å². The van der Waals surface area contributed by atoms with Crippen LogP contribution in [0.25, 0.3) is 0 Å². The van der Waals surface area contributed by atoms with Gasteiger partial charge in [0.15, 0.2) is 0 Å². The quantitative estimate of drug-likeness (QED) is 0.693. The molecule has 0 aliphatic carbocycles. The zero-order chi connectivity index (χ0) is 19.0. The number of rotatable bonds is 1. The monoisotopic (exact) mass is 406 g/mol. The Hall–Kier alpha value is -1.73. The van der Waals surface area contributed by atoms with Gasteiger partial charge in [0.05, 0.1) is 38.0 Å². The molecular weight excluding hydrogens is 383 g/mol. The number of anilines is 2. The number of benzene rings is 2. The third-order valence-electron chi connectivity index (χ3n) is 5.10. The predicted octanol–water partition coefficient (Wildman–Crippen LogP) is 4.74. The van der Waals surface area contributed by atoms with Crippen molar-refractivity contribution in [1.29, 1.82) is 0 Å². The van der Waals surface area contributed by atoms with E-state index in [1.54, 1.807) is 6.07 Å². The fourth-order valence-electron chi connectivity index (χ4n) is 3.68. The summed E-state index contributed by atoms with van der Waals surface area (Å²) >= 11 is 1.44. The Bertz CT molecular complexity index is 891. The molecule has 2 aromatic rings. The molecule has 2 aliphatic rings. The maximum Gasteiger partial charge on any atom is 0.141 e. The molecule has 1 saturated heterocycles. The minimum absolute atomic E-state index is 0.189. The molecule has 0 radical (unpaired) electrons. The Morgan fingerprint density at radius 2 is 2.15 bits per heavy atom. The molecule has 2 aromatic carbocycles. The molecule has 2 unspecified atom stereocenters. The van der Waals surface area contributed by atoms with Gasteiger partial charge in [-0.15, -0.1) is 0 Å². The number of hydrogen-bond acceptors (Lipinski definition) is 5. The first-order chi connectivity index (χ1) is 13.0. The average molecular weight is 407 g/mol. The smallest absolute Gasteiger partial charge is 0.141 e. The zero-order valence-corrected chi connectivity index (χ0v) is 17.1. The van der Waals surface area contributed by atoms with Crippen LogP contribution in [-0.4, -0.2) is 29.7 Å². The summed E-state index contributed by atoms with van der Waals surface area (Å²) in [7, 11) is -1.38. The maximum absolute atomic E-state index is 14.6. The second kappa shape index (κ2) is 7.72. The minimum atomic E-state index is -1.38. The third kappa shape index (κ3) is 3.80. The normalized spacial score (nSPS) is 20.4. The van der Waals surface area contributed by atoms with Gasteiger partial charge in [-0.2, -0.15) is 0 Å². The van der Waals surface area contributed by atoms with E-state index in [-0.39, 0.29) is 10.9 Å². The second-order valence-corrected chi connectivity index (χ2v) is 9.26. The van der Waals surface area contributed by atoms with Gasteiger partial charge in [-0.1, -0.05) is 6.07 Å². The summed E-state index contributed by atoms with van der Waals surface area (Å²) in [5, 5.41) is 0. The molecule has 2 heterocycles. The summed E-state index contributed by atoms with van der Waals surface area (Å²) in [4.78, 5) is 3.46. The number of nitrogens with zero attached hydrogens (tertiary/aromatic N) is 1. The van der Waals surface area contributed by atoms with E-state index < -0.39 is 16.6 Å². The van der Waals surface area contributed by atoms with Gasteiger partial charge in [-0.05, 0) is 61.9 Å². The van der Waals surface area contributed by atoms with E-state index in [2.05, 4.69) is 15.7 Å². The second-order valence-electron chi connectivity index (χ2n) is 7.06. The standard InChI is InChI=1S/C20H23FN2O2S2/c1-13-6-7-18-19(9-13)26-22-16-11-20(27(2)24)15(21)10-17(16)23-8-4-3-5-14(23)12-25-18/h6-7,9-11,14,22H,3-5,8,12H2,1-2H3. The van der Waals surface area contributed by atoms with E-state index in [0.29, 0.717) is 6.61 Å². The predicted molar refractivity (Wildman–Crippen MR) is 110 cm³/mol. The van der Waals surface area contributed by atoms with Crippen LogP contribution in [-0.2, 0) is 10.8 Å². The highest BCUT2D eigenvalue weighted by Crippen LogP contribution is 2.40. The molecule has 0 aromatic heterocycles. The maximum atomic E-state index is 14.6. The molecule has 4 rings (SSSR count). The number of fused-ring (bicyclic) bond motifs is 4. The van der Waals surface area contributed by atoms with E-state index in [4.69, 9.17) is 4.74 Å². The zero-order valence-electron chi connectivity index (χ0n) is 15.5. The summed E-state index contributed by atoms with van der Waals surface area (Å²) in [6.07, 6.45) is 4.73. The van der Waals surface area contributed by atoms with E-state index in [0.717, 1.165) is 53.4 Å². The van der Waals surface area contributed by atoms with Crippen LogP contribution >= 0.6 is 11.9 Å². The summed E-state index contributed by atoms with van der Waals surface area (Å²) < 4.78 is 36.1. The Labute approximate surface area is 166 Å². The third-order valence-corrected chi connectivity index (χ3v) is 6.89. The molecule has 0 saturated carbocycles. The highest BCUT2D eigenvalue weighted by atomic mass is 32.2. The van der Waals surface area contributed by atoms with E-state index in [1.165, 1.54) is 24.3 Å². The van der Waals surface area contributed by atoms with Crippen molar-refractivity contribution in [2.45, 2.75) is 42.0 Å². The Balaban J connectivity index is 1.81. The van der Waals surface area contributed by atoms with Crippen LogP contribution in [0.2, 0.25) is 0 Å². The van der Waals surface area contributed by atoms with Gasteiger partial charge in [0, 0.05) is 18.9 Å². The minimum Gasteiger partial charge on any atom is -0.490 e. The first-order valence-corrected chi connectivity index (χ1v) is 11.5. The number of piperidine rings is 1. The lowest BCUT2D eigenvalue weighted by Gasteiger charge is -2.39. The fraction of sp³-hybridized carbons (Fsp3) is 0.400. The number of aryl methyl sites for hydroxylation is 1. The van der Waals surface area contributed by atoms with E-state index in [1.807, 2.05) is 19.1 Å². The topological polar surface area (TPSA) is 41.6 Å². The lowest BCUT2D eigenvalue weighted by Crippen LogP contribution is -2.43. The van der Waals surface area contributed by atoms with Crippen molar-refractivity contribution in [2.75, 3.05) is 29.0 Å².